The second-order valence-corrected chi connectivity index (χ2v) is 10.6. The Labute approximate surface area is 238 Å². The number of carbonyl (C=O) groups is 3. The standard InChI is InChI=1S/C27H27NO3.C5H8O5/c29-26(27(30,21-12-6-2-7-13-21)22-14-8-3-9-15-22)31-19-25-23-17-28(18-24(23)25)16-20-10-4-1-5-11-20;1-2(6)3(7)4(8)5(9)10/h1-15,23-25,30H,16-19H2;3-4,7-8H,1H3,(H,9,10)/t;3-,4+/m.0/s1. The van der Waals surface area contributed by atoms with Gasteiger partial charge in [0.25, 0.3) is 0 Å². The number of ether oxygens (including phenoxy) is 1. The summed E-state index contributed by atoms with van der Waals surface area (Å²) in [5, 5.41) is 36.6. The van der Waals surface area contributed by atoms with Gasteiger partial charge in [0.15, 0.2) is 11.9 Å². The van der Waals surface area contributed by atoms with Crippen LogP contribution in [0.4, 0.5) is 0 Å². The molecule has 0 bridgehead atoms. The van der Waals surface area contributed by atoms with E-state index in [1.54, 1.807) is 24.3 Å². The van der Waals surface area contributed by atoms with Crippen molar-refractivity contribution in [2.24, 2.45) is 17.8 Å². The number of hydrogen-bond donors (Lipinski definition) is 4. The number of likely N-dealkylation sites (tertiary alicyclic amines) is 1. The van der Waals surface area contributed by atoms with Crippen LogP contribution in [0.1, 0.15) is 23.6 Å². The molecular weight excluding hydrogens is 526 g/mol. The Morgan fingerprint density at radius 2 is 1.29 bits per heavy atom. The minimum Gasteiger partial charge on any atom is -0.479 e. The van der Waals surface area contributed by atoms with E-state index < -0.39 is 35.5 Å². The molecule has 216 valence electrons. The van der Waals surface area contributed by atoms with Crippen molar-refractivity contribution in [3.05, 3.63) is 108 Å². The summed E-state index contributed by atoms with van der Waals surface area (Å²) in [6, 6.07) is 28.6. The number of carboxylic acids is 1. The predicted octanol–water partition coefficient (Wildman–Crippen LogP) is 2.23. The zero-order chi connectivity index (χ0) is 29.6. The summed E-state index contributed by atoms with van der Waals surface area (Å²) in [6.45, 7) is 4.43. The number of ketones is 1. The van der Waals surface area contributed by atoms with E-state index in [2.05, 4.69) is 29.2 Å². The number of aliphatic hydroxyl groups excluding tert-OH is 2. The molecule has 1 saturated heterocycles. The Morgan fingerprint density at radius 3 is 1.71 bits per heavy atom. The molecule has 1 saturated carbocycles. The molecule has 1 aliphatic heterocycles. The van der Waals surface area contributed by atoms with E-state index in [4.69, 9.17) is 20.1 Å². The molecule has 9 heteroatoms. The van der Waals surface area contributed by atoms with Gasteiger partial charge in [-0.2, -0.15) is 0 Å². The SMILES string of the molecule is CC(=O)[C@H](O)[C@@H](O)C(=O)O.O=C(OCC1C2CN(Cc3ccccc3)CC12)C(O)(c1ccccc1)c1ccccc1. The lowest BCUT2D eigenvalue weighted by Gasteiger charge is -2.27. The Hall–Kier alpha value is -3.89. The normalized spacial score (nSPS) is 21.0. The lowest BCUT2D eigenvalue weighted by molar-refractivity contribution is -0.163. The van der Waals surface area contributed by atoms with Gasteiger partial charge < -0.3 is 25.2 Å². The van der Waals surface area contributed by atoms with Crippen LogP contribution in [0.25, 0.3) is 0 Å². The number of piperidine rings is 1. The van der Waals surface area contributed by atoms with Crippen molar-refractivity contribution in [3.8, 4) is 0 Å². The van der Waals surface area contributed by atoms with E-state index in [0.717, 1.165) is 26.6 Å². The number of fused-ring (bicyclic) bond motifs is 1. The van der Waals surface area contributed by atoms with Crippen molar-refractivity contribution in [1.82, 2.24) is 4.90 Å². The second kappa shape index (κ2) is 13.2. The monoisotopic (exact) mass is 561 g/mol. The van der Waals surface area contributed by atoms with E-state index in [-0.39, 0.29) is 0 Å². The average Bonchev–Trinajstić information content (AvgIpc) is 3.45. The van der Waals surface area contributed by atoms with E-state index in [1.165, 1.54) is 5.56 Å². The molecule has 5 rings (SSSR count). The summed E-state index contributed by atoms with van der Waals surface area (Å²) in [7, 11) is 0. The topological polar surface area (TPSA) is 145 Å². The van der Waals surface area contributed by atoms with Gasteiger partial charge in [-0.1, -0.05) is 91.0 Å². The number of carbonyl (C=O) groups excluding carboxylic acids is 2. The first-order valence-electron chi connectivity index (χ1n) is 13.5. The molecule has 41 heavy (non-hydrogen) atoms. The second-order valence-electron chi connectivity index (χ2n) is 10.6. The van der Waals surface area contributed by atoms with Gasteiger partial charge in [-0.25, -0.2) is 9.59 Å². The largest absolute Gasteiger partial charge is 0.479 e. The molecule has 1 aliphatic carbocycles. The molecule has 0 amide bonds. The first kappa shape index (κ1) is 30.1. The van der Waals surface area contributed by atoms with Gasteiger partial charge in [0.1, 0.15) is 6.10 Å². The zero-order valence-corrected chi connectivity index (χ0v) is 22.7. The maximum Gasteiger partial charge on any atom is 0.347 e. The predicted molar refractivity (Wildman–Crippen MR) is 149 cm³/mol. The van der Waals surface area contributed by atoms with Gasteiger partial charge in [-0.3, -0.25) is 9.69 Å². The minimum atomic E-state index is -2.02. The molecule has 2 unspecified atom stereocenters. The highest BCUT2D eigenvalue weighted by molar-refractivity contribution is 5.87. The number of rotatable bonds is 10. The van der Waals surface area contributed by atoms with Crippen LogP contribution in [0.5, 0.6) is 0 Å². The highest BCUT2D eigenvalue weighted by atomic mass is 16.6. The molecule has 0 aromatic heterocycles. The minimum absolute atomic E-state index is 0.370. The quantitative estimate of drug-likeness (QED) is 0.274. The molecular formula is C32H35NO8. The van der Waals surface area contributed by atoms with Gasteiger partial charge in [0.05, 0.1) is 6.61 Å². The van der Waals surface area contributed by atoms with E-state index >= 15 is 0 Å². The smallest absolute Gasteiger partial charge is 0.347 e. The summed E-state index contributed by atoms with van der Waals surface area (Å²) in [6.07, 6.45) is -3.84. The van der Waals surface area contributed by atoms with Gasteiger partial charge in [-0.05, 0) is 35.4 Å². The number of Topliss-reactive ketones (excluding diaryl/α,β-unsaturated/α-hetero) is 1. The van der Waals surface area contributed by atoms with Crippen LogP contribution in [0, 0.1) is 17.8 Å². The molecule has 0 spiro atoms. The molecule has 4 atom stereocenters. The van der Waals surface area contributed by atoms with Crippen LogP contribution in [-0.2, 0) is 31.3 Å². The van der Waals surface area contributed by atoms with Crippen molar-refractivity contribution in [2.75, 3.05) is 19.7 Å². The lowest BCUT2D eigenvalue weighted by atomic mass is 9.86. The Morgan fingerprint density at radius 1 is 0.829 bits per heavy atom. The van der Waals surface area contributed by atoms with Gasteiger partial charge in [-0.15, -0.1) is 0 Å². The number of nitrogens with zero attached hydrogens (tertiary/aromatic N) is 1. The number of hydrogen-bond acceptors (Lipinski definition) is 8. The number of aliphatic carboxylic acids is 1. The highest BCUT2D eigenvalue weighted by Gasteiger charge is 2.56. The summed E-state index contributed by atoms with van der Waals surface area (Å²) < 4.78 is 5.72. The summed E-state index contributed by atoms with van der Waals surface area (Å²) in [4.78, 5) is 35.7. The van der Waals surface area contributed by atoms with E-state index in [1.807, 2.05) is 42.5 Å². The molecule has 4 N–H and O–H groups in total. The molecule has 2 aliphatic rings. The van der Waals surface area contributed by atoms with Crippen molar-refractivity contribution in [3.63, 3.8) is 0 Å². The summed E-state index contributed by atoms with van der Waals surface area (Å²) in [5.74, 6) is -1.42. The van der Waals surface area contributed by atoms with Gasteiger partial charge in [0, 0.05) is 25.6 Å². The lowest BCUT2D eigenvalue weighted by Crippen LogP contribution is -2.39. The molecule has 3 aromatic rings. The summed E-state index contributed by atoms with van der Waals surface area (Å²) >= 11 is 0. The van der Waals surface area contributed by atoms with E-state index in [9.17, 15) is 19.5 Å². The third-order valence-electron chi connectivity index (χ3n) is 7.75. The highest BCUT2D eigenvalue weighted by Crippen LogP contribution is 2.52. The van der Waals surface area contributed by atoms with Crippen molar-refractivity contribution in [1.29, 1.82) is 0 Å². The van der Waals surface area contributed by atoms with Crippen LogP contribution in [0.2, 0.25) is 0 Å². The third kappa shape index (κ3) is 7.07. The fraction of sp³-hybridized carbons (Fsp3) is 0.344. The summed E-state index contributed by atoms with van der Waals surface area (Å²) in [5.41, 5.74) is 0.585. The van der Waals surface area contributed by atoms with Gasteiger partial charge in [0.2, 0.25) is 5.60 Å². The number of aliphatic hydroxyl groups is 3. The van der Waals surface area contributed by atoms with Crippen LogP contribution < -0.4 is 0 Å². The fourth-order valence-electron chi connectivity index (χ4n) is 5.35. The van der Waals surface area contributed by atoms with Gasteiger partial charge >= 0.3 is 11.9 Å². The molecule has 2 fully saturated rings. The number of carboxylic acid groups (broad SMARTS) is 1. The van der Waals surface area contributed by atoms with Crippen LogP contribution in [-0.4, -0.2) is 75.0 Å². The number of benzene rings is 3. The van der Waals surface area contributed by atoms with Crippen molar-refractivity contribution < 1.29 is 39.5 Å². The molecule has 1 heterocycles. The van der Waals surface area contributed by atoms with Crippen molar-refractivity contribution >= 4 is 17.7 Å². The maximum atomic E-state index is 13.1. The number of esters is 1. The molecule has 0 radical (unpaired) electrons. The third-order valence-corrected chi connectivity index (χ3v) is 7.75. The Bertz CT molecular complexity index is 1250. The van der Waals surface area contributed by atoms with Crippen LogP contribution >= 0.6 is 0 Å². The Balaban J connectivity index is 0.000000334. The first-order chi connectivity index (χ1) is 19.6. The van der Waals surface area contributed by atoms with Crippen molar-refractivity contribution in [2.45, 2.75) is 31.3 Å². The first-order valence-corrected chi connectivity index (χ1v) is 13.5. The molecule has 3 aromatic carbocycles. The Kier molecular flexibility index (Phi) is 9.67. The van der Waals surface area contributed by atoms with Crippen LogP contribution in [0.3, 0.4) is 0 Å². The zero-order valence-electron chi connectivity index (χ0n) is 22.7. The average molecular weight is 562 g/mol. The fourth-order valence-corrected chi connectivity index (χ4v) is 5.35. The molecule has 9 nitrogen and oxygen atoms in total. The maximum absolute atomic E-state index is 13.1. The van der Waals surface area contributed by atoms with Crippen LogP contribution in [0.15, 0.2) is 91.0 Å². The van der Waals surface area contributed by atoms with E-state index in [0.29, 0.717) is 35.5 Å².